The predicted molar refractivity (Wildman–Crippen MR) is 37.9 cm³/mol. The second-order valence-corrected chi connectivity index (χ2v) is 1.73. The number of rotatable bonds is 6. The van der Waals surface area contributed by atoms with Gasteiger partial charge in [-0.1, -0.05) is 6.08 Å². The van der Waals surface area contributed by atoms with Crippen LogP contribution < -0.4 is 0 Å². The van der Waals surface area contributed by atoms with Gasteiger partial charge in [-0.15, -0.1) is 6.58 Å². The monoisotopic (exact) mass is 144 g/mol. The zero-order chi connectivity index (χ0) is 7.82. The van der Waals surface area contributed by atoms with Crippen molar-refractivity contribution in [2.75, 3.05) is 20.3 Å². The van der Waals surface area contributed by atoms with E-state index < -0.39 is 0 Å². The molecule has 0 N–H and O–H groups in total. The average molecular weight is 144 g/mol. The Morgan fingerprint density at radius 1 is 1.70 bits per heavy atom. The Kier molecular flexibility index (Phi) is 6.02. The highest BCUT2D eigenvalue weighted by molar-refractivity contribution is 5.50. The molecule has 58 valence electrons. The third-order valence-corrected chi connectivity index (χ3v) is 0.972. The van der Waals surface area contributed by atoms with Crippen LogP contribution in [0, 0.1) is 0 Å². The van der Waals surface area contributed by atoms with Crippen LogP contribution in [-0.4, -0.2) is 32.7 Å². The van der Waals surface area contributed by atoms with E-state index in [9.17, 15) is 4.79 Å². The molecule has 0 bridgehead atoms. The van der Waals surface area contributed by atoms with E-state index in [0.29, 0.717) is 12.9 Å². The third-order valence-electron chi connectivity index (χ3n) is 0.972. The van der Waals surface area contributed by atoms with Crippen molar-refractivity contribution in [2.24, 2.45) is 0 Å². The van der Waals surface area contributed by atoms with Crippen molar-refractivity contribution in [3.8, 4) is 0 Å². The standard InChI is InChI=1S/C7H12O3/c1-3-7(6-9-2)10-5-4-8/h3-4,7H,1,5-6H2,2H3/t7-/m0/s1. The summed E-state index contributed by atoms with van der Waals surface area (Å²) in [5.41, 5.74) is 0. The molecule has 0 unspecified atom stereocenters. The molecular formula is C7H12O3. The fourth-order valence-corrected chi connectivity index (χ4v) is 0.511. The van der Waals surface area contributed by atoms with Gasteiger partial charge in [-0.3, -0.25) is 0 Å². The van der Waals surface area contributed by atoms with Crippen molar-refractivity contribution < 1.29 is 14.3 Å². The van der Waals surface area contributed by atoms with Crippen LogP contribution in [0.4, 0.5) is 0 Å². The Morgan fingerprint density at radius 3 is 2.80 bits per heavy atom. The number of ether oxygens (including phenoxy) is 2. The topological polar surface area (TPSA) is 35.5 Å². The van der Waals surface area contributed by atoms with Gasteiger partial charge in [0.15, 0.2) is 0 Å². The van der Waals surface area contributed by atoms with Crippen LogP contribution in [0.25, 0.3) is 0 Å². The summed E-state index contributed by atoms with van der Waals surface area (Å²) < 4.78 is 9.75. The van der Waals surface area contributed by atoms with Crippen LogP contribution >= 0.6 is 0 Å². The van der Waals surface area contributed by atoms with E-state index in [0.717, 1.165) is 0 Å². The smallest absolute Gasteiger partial charge is 0.145 e. The van der Waals surface area contributed by atoms with E-state index in [1.165, 1.54) is 0 Å². The quantitative estimate of drug-likeness (QED) is 0.400. The number of aldehydes is 1. The first-order valence-electron chi connectivity index (χ1n) is 3.02. The minimum absolute atomic E-state index is 0.0973. The van der Waals surface area contributed by atoms with Crippen molar-refractivity contribution in [3.05, 3.63) is 12.7 Å². The molecular weight excluding hydrogens is 132 g/mol. The highest BCUT2D eigenvalue weighted by Gasteiger charge is 2.00. The van der Waals surface area contributed by atoms with E-state index in [1.54, 1.807) is 13.2 Å². The minimum Gasteiger partial charge on any atom is -0.382 e. The molecule has 0 aromatic heterocycles. The first-order valence-corrected chi connectivity index (χ1v) is 3.02. The Labute approximate surface area is 60.6 Å². The fourth-order valence-electron chi connectivity index (χ4n) is 0.511. The maximum absolute atomic E-state index is 9.83. The van der Waals surface area contributed by atoms with Gasteiger partial charge in [0.25, 0.3) is 0 Å². The van der Waals surface area contributed by atoms with Gasteiger partial charge in [0.1, 0.15) is 12.9 Å². The van der Waals surface area contributed by atoms with Gasteiger partial charge in [0.05, 0.1) is 12.7 Å². The number of carbonyl (C=O) groups excluding carboxylic acids is 1. The largest absolute Gasteiger partial charge is 0.382 e. The van der Waals surface area contributed by atoms with E-state index in [1.807, 2.05) is 0 Å². The summed E-state index contributed by atoms with van der Waals surface area (Å²) in [7, 11) is 1.57. The van der Waals surface area contributed by atoms with E-state index in [2.05, 4.69) is 6.58 Å². The van der Waals surface area contributed by atoms with Crippen LogP contribution in [0.1, 0.15) is 0 Å². The zero-order valence-corrected chi connectivity index (χ0v) is 6.08. The van der Waals surface area contributed by atoms with Crippen molar-refractivity contribution >= 4 is 6.29 Å². The summed E-state index contributed by atoms with van der Waals surface area (Å²) >= 11 is 0. The first kappa shape index (κ1) is 9.33. The van der Waals surface area contributed by atoms with Gasteiger partial charge in [-0.2, -0.15) is 0 Å². The number of carbonyl (C=O) groups is 1. The van der Waals surface area contributed by atoms with Gasteiger partial charge < -0.3 is 14.3 Å². The second-order valence-electron chi connectivity index (χ2n) is 1.73. The molecule has 1 atom stereocenters. The van der Waals surface area contributed by atoms with Gasteiger partial charge in [-0.05, 0) is 0 Å². The van der Waals surface area contributed by atoms with Crippen LogP contribution in [0.15, 0.2) is 12.7 Å². The maximum Gasteiger partial charge on any atom is 0.145 e. The SMILES string of the molecule is C=C[C@@H](COC)OCC=O. The van der Waals surface area contributed by atoms with Crippen LogP contribution in [0.2, 0.25) is 0 Å². The lowest BCUT2D eigenvalue weighted by atomic mass is 10.4. The molecule has 0 aliphatic heterocycles. The molecule has 0 saturated heterocycles. The molecule has 0 aromatic carbocycles. The van der Waals surface area contributed by atoms with E-state index in [4.69, 9.17) is 9.47 Å². The Bertz CT molecular complexity index is 101. The molecule has 0 heterocycles. The molecule has 0 rings (SSSR count). The lowest BCUT2D eigenvalue weighted by molar-refractivity contribution is -0.113. The molecule has 0 aromatic rings. The highest BCUT2D eigenvalue weighted by atomic mass is 16.5. The van der Waals surface area contributed by atoms with Gasteiger partial charge in [0, 0.05) is 7.11 Å². The number of methoxy groups -OCH3 is 1. The summed E-state index contributed by atoms with van der Waals surface area (Å²) in [6, 6.07) is 0. The minimum atomic E-state index is -0.171. The van der Waals surface area contributed by atoms with E-state index >= 15 is 0 Å². The van der Waals surface area contributed by atoms with E-state index in [-0.39, 0.29) is 12.7 Å². The average Bonchev–Trinajstić information content (AvgIpc) is 1.98. The highest BCUT2D eigenvalue weighted by Crippen LogP contribution is 1.91. The van der Waals surface area contributed by atoms with Gasteiger partial charge in [-0.25, -0.2) is 0 Å². The summed E-state index contributed by atoms with van der Waals surface area (Å²) in [4.78, 5) is 9.83. The Morgan fingerprint density at radius 2 is 2.40 bits per heavy atom. The predicted octanol–water partition coefficient (Wildman–Crippen LogP) is 0.403. The molecule has 3 nitrogen and oxygen atoms in total. The summed E-state index contributed by atoms with van der Waals surface area (Å²) in [6.07, 6.45) is 2.13. The number of hydrogen-bond donors (Lipinski definition) is 0. The molecule has 0 amide bonds. The normalized spacial score (nSPS) is 12.5. The summed E-state index contributed by atoms with van der Waals surface area (Å²) in [5.74, 6) is 0. The van der Waals surface area contributed by atoms with Crippen LogP contribution in [-0.2, 0) is 14.3 Å². The Hall–Kier alpha value is -0.670. The lowest BCUT2D eigenvalue weighted by Crippen LogP contribution is -2.17. The van der Waals surface area contributed by atoms with Crippen molar-refractivity contribution in [2.45, 2.75) is 6.10 Å². The molecule has 0 aliphatic carbocycles. The maximum atomic E-state index is 9.83. The Balaban J connectivity index is 3.38. The molecule has 0 fully saturated rings. The first-order chi connectivity index (χ1) is 4.85. The molecule has 0 spiro atoms. The third kappa shape index (κ3) is 4.23. The zero-order valence-electron chi connectivity index (χ0n) is 6.08. The number of hydrogen-bond acceptors (Lipinski definition) is 3. The molecule has 10 heavy (non-hydrogen) atoms. The van der Waals surface area contributed by atoms with Crippen LogP contribution in [0.3, 0.4) is 0 Å². The summed E-state index contributed by atoms with van der Waals surface area (Å²) in [5, 5.41) is 0. The summed E-state index contributed by atoms with van der Waals surface area (Å²) in [6.45, 7) is 4.05. The fraction of sp³-hybridized carbons (Fsp3) is 0.571. The lowest BCUT2D eigenvalue weighted by Gasteiger charge is -2.09. The van der Waals surface area contributed by atoms with Gasteiger partial charge in [0.2, 0.25) is 0 Å². The second kappa shape index (κ2) is 6.45. The van der Waals surface area contributed by atoms with Crippen molar-refractivity contribution in [1.29, 1.82) is 0 Å². The van der Waals surface area contributed by atoms with Crippen molar-refractivity contribution in [1.82, 2.24) is 0 Å². The van der Waals surface area contributed by atoms with Gasteiger partial charge >= 0.3 is 0 Å². The molecule has 0 radical (unpaired) electrons. The molecule has 0 saturated carbocycles. The molecule has 3 heteroatoms. The van der Waals surface area contributed by atoms with Crippen LogP contribution in [0.5, 0.6) is 0 Å². The van der Waals surface area contributed by atoms with Crippen molar-refractivity contribution in [3.63, 3.8) is 0 Å². The molecule has 0 aliphatic rings.